The molecule has 4 heteroatoms. The highest BCUT2D eigenvalue weighted by molar-refractivity contribution is 9.10. The van der Waals surface area contributed by atoms with Crippen molar-refractivity contribution in [1.29, 1.82) is 0 Å². The minimum absolute atomic E-state index is 0.00461. The molecule has 2 nitrogen and oxygen atoms in total. The van der Waals surface area contributed by atoms with Crippen LogP contribution in [0.5, 0.6) is 0 Å². The lowest BCUT2D eigenvalue weighted by Gasteiger charge is -1.94. The first-order valence-corrected chi connectivity index (χ1v) is 6.72. The number of ketones is 1. The number of hydrogen-bond acceptors (Lipinski definition) is 3. The second kappa shape index (κ2) is 5.38. The van der Waals surface area contributed by atoms with Crippen LogP contribution in [-0.4, -0.2) is 10.8 Å². The van der Waals surface area contributed by atoms with Crippen molar-refractivity contribution in [3.63, 3.8) is 0 Å². The van der Waals surface area contributed by atoms with Crippen LogP contribution in [0.25, 0.3) is 6.08 Å². The van der Waals surface area contributed by atoms with Crippen molar-refractivity contribution in [1.82, 2.24) is 4.98 Å². The van der Waals surface area contributed by atoms with Gasteiger partial charge in [-0.3, -0.25) is 4.79 Å². The summed E-state index contributed by atoms with van der Waals surface area (Å²) in [5.41, 5.74) is 3.48. The maximum atomic E-state index is 11.9. The van der Waals surface area contributed by atoms with Gasteiger partial charge >= 0.3 is 0 Å². The fraction of sp³-hybridized carbons (Fsp3) is 0.0769. The lowest BCUT2D eigenvalue weighted by Crippen LogP contribution is -1.93. The summed E-state index contributed by atoms with van der Waals surface area (Å²) in [5.74, 6) is 0.00461. The van der Waals surface area contributed by atoms with Gasteiger partial charge < -0.3 is 0 Å². The average Bonchev–Trinajstić information content (AvgIpc) is 2.72. The third-order valence-corrected chi connectivity index (χ3v) is 3.68. The molecule has 1 aromatic carbocycles. The van der Waals surface area contributed by atoms with Gasteiger partial charge in [-0.1, -0.05) is 34.1 Å². The van der Waals surface area contributed by atoms with Crippen molar-refractivity contribution >= 4 is 39.1 Å². The summed E-state index contributed by atoms with van der Waals surface area (Å²) in [6, 6.07) is 7.80. The van der Waals surface area contributed by atoms with E-state index in [2.05, 4.69) is 20.9 Å². The molecule has 2 aromatic rings. The lowest BCUT2D eigenvalue weighted by molar-refractivity contribution is 0.105. The highest BCUT2D eigenvalue weighted by Crippen LogP contribution is 2.16. The number of aromatic nitrogens is 1. The second-order valence-electron chi connectivity index (χ2n) is 3.52. The van der Waals surface area contributed by atoms with Crippen LogP contribution in [0.3, 0.4) is 0 Å². The zero-order chi connectivity index (χ0) is 12.3. The van der Waals surface area contributed by atoms with E-state index in [1.807, 2.05) is 37.3 Å². The molecule has 0 bridgehead atoms. The average molecular weight is 308 g/mol. The quantitative estimate of drug-likeness (QED) is 0.631. The number of aryl methyl sites for hydroxylation is 1. The number of nitrogens with zero attached hydrogens (tertiary/aromatic N) is 1. The Morgan fingerprint density at radius 2 is 2.29 bits per heavy atom. The maximum absolute atomic E-state index is 11.9. The zero-order valence-electron chi connectivity index (χ0n) is 9.18. The number of allylic oxidation sites excluding steroid dienone is 1. The number of carbonyl (C=O) groups excluding carboxylic acids is 1. The molecule has 2 rings (SSSR count). The number of thiazole rings is 1. The largest absolute Gasteiger partial charge is 0.288 e. The van der Waals surface area contributed by atoms with Crippen LogP contribution in [0, 0.1) is 6.92 Å². The highest BCUT2D eigenvalue weighted by Gasteiger charge is 2.07. The molecule has 0 amide bonds. The van der Waals surface area contributed by atoms with Crippen LogP contribution in [0.2, 0.25) is 0 Å². The molecule has 0 N–H and O–H groups in total. The molecule has 0 saturated carbocycles. The highest BCUT2D eigenvalue weighted by atomic mass is 79.9. The Morgan fingerprint density at radius 3 is 2.94 bits per heavy atom. The first-order valence-electron chi connectivity index (χ1n) is 5.05. The molecule has 0 aliphatic carbocycles. The summed E-state index contributed by atoms with van der Waals surface area (Å²) in [6.45, 7) is 1.84. The topological polar surface area (TPSA) is 30.0 Å². The van der Waals surface area contributed by atoms with Crippen molar-refractivity contribution < 1.29 is 4.79 Å². The Kier molecular flexibility index (Phi) is 3.86. The summed E-state index contributed by atoms with van der Waals surface area (Å²) >= 11 is 4.77. The molecule has 0 unspecified atom stereocenters. The van der Waals surface area contributed by atoms with E-state index in [9.17, 15) is 4.79 Å². The molecule has 1 aromatic heterocycles. The van der Waals surface area contributed by atoms with Gasteiger partial charge in [-0.2, -0.15) is 0 Å². The summed E-state index contributed by atoms with van der Waals surface area (Å²) in [7, 11) is 0. The van der Waals surface area contributed by atoms with E-state index in [1.165, 1.54) is 11.3 Å². The van der Waals surface area contributed by atoms with Crippen LogP contribution in [0.1, 0.15) is 20.9 Å². The molecule has 0 radical (unpaired) electrons. The Bertz CT molecular complexity index is 574. The van der Waals surface area contributed by atoms with E-state index in [-0.39, 0.29) is 5.78 Å². The van der Waals surface area contributed by atoms with Crippen LogP contribution in [0.4, 0.5) is 0 Å². The first kappa shape index (κ1) is 12.2. The van der Waals surface area contributed by atoms with E-state index in [1.54, 1.807) is 11.6 Å². The van der Waals surface area contributed by atoms with Gasteiger partial charge in [-0.05, 0) is 30.7 Å². The van der Waals surface area contributed by atoms with Crippen LogP contribution in [0.15, 0.2) is 40.3 Å². The Morgan fingerprint density at radius 1 is 1.47 bits per heavy atom. The molecule has 0 spiro atoms. The molecular formula is C13H10BrNOS. The van der Waals surface area contributed by atoms with Crippen molar-refractivity contribution in [2.45, 2.75) is 6.92 Å². The molecule has 0 saturated heterocycles. The monoisotopic (exact) mass is 307 g/mol. The predicted octanol–water partition coefficient (Wildman–Crippen LogP) is 4.11. The molecule has 0 aliphatic rings. The third-order valence-electron chi connectivity index (χ3n) is 2.25. The summed E-state index contributed by atoms with van der Waals surface area (Å²) in [5, 5.41) is 0. The van der Waals surface area contributed by atoms with Gasteiger partial charge in [0.25, 0.3) is 0 Å². The van der Waals surface area contributed by atoms with Crippen molar-refractivity contribution in [3.8, 4) is 0 Å². The van der Waals surface area contributed by atoms with Crippen LogP contribution in [-0.2, 0) is 0 Å². The second-order valence-corrected chi connectivity index (χ2v) is 5.29. The van der Waals surface area contributed by atoms with Gasteiger partial charge in [-0.15, -0.1) is 11.3 Å². The van der Waals surface area contributed by atoms with Gasteiger partial charge in [0, 0.05) is 4.47 Å². The molecule has 0 fully saturated rings. The number of rotatable bonds is 3. The first-order chi connectivity index (χ1) is 8.16. The molecular weight excluding hydrogens is 298 g/mol. The maximum Gasteiger partial charge on any atom is 0.197 e. The van der Waals surface area contributed by atoms with Crippen LogP contribution >= 0.6 is 27.3 Å². The Hall–Kier alpha value is -1.26. The molecule has 0 aliphatic heterocycles. The van der Waals surface area contributed by atoms with E-state index in [0.717, 1.165) is 15.7 Å². The van der Waals surface area contributed by atoms with Crippen molar-refractivity contribution in [2.75, 3.05) is 0 Å². The molecule has 17 heavy (non-hydrogen) atoms. The van der Waals surface area contributed by atoms with E-state index in [4.69, 9.17) is 0 Å². The van der Waals surface area contributed by atoms with E-state index in [0.29, 0.717) is 4.88 Å². The van der Waals surface area contributed by atoms with E-state index < -0.39 is 0 Å². The fourth-order valence-electron chi connectivity index (χ4n) is 1.40. The molecule has 86 valence electrons. The summed E-state index contributed by atoms with van der Waals surface area (Å²) in [4.78, 5) is 16.6. The fourth-order valence-corrected chi connectivity index (χ4v) is 2.54. The van der Waals surface area contributed by atoms with Gasteiger partial charge in [-0.25, -0.2) is 4.98 Å². The number of benzene rings is 1. The minimum Gasteiger partial charge on any atom is -0.288 e. The Balaban J connectivity index is 2.17. The number of carbonyl (C=O) groups is 1. The normalized spacial score (nSPS) is 10.9. The van der Waals surface area contributed by atoms with Gasteiger partial charge in [0.15, 0.2) is 5.78 Å². The Labute approximate surface area is 112 Å². The zero-order valence-corrected chi connectivity index (χ0v) is 11.6. The number of hydrogen-bond donors (Lipinski definition) is 0. The summed E-state index contributed by atoms with van der Waals surface area (Å²) < 4.78 is 1.00. The summed E-state index contributed by atoms with van der Waals surface area (Å²) in [6.07, 6.45) is 3.40. The predicted molar refractivity (Wildman–Crippen MR) is 74.4 cm³/mol. The smallest absolute Gasteiger partial charge is 0.197 e. The minimum atomic E-state index is 0.00461. The van der Waals surface area contributed by atoms with Crippen molar-refractivity contribution in [2.24, 2.45) is 0 Å². The third kappa shape index (κ3) is 3.11. The van der Waals surface area contributed by atoms with Crippen LogP contribution < -0.4 is 0 Å². The SMILES string of the molecule is Cc1ncsc1C(=O)C=Cc1cccc(Br)c1. The van der Waals surface area contributed by atoms with Gasteiger partial charge in [0.05, 0.1) is 16.1 Å². The van der Waals surface area contributed by atoms with Gasteiger partial charge in [0.2, 0.25) is 0 Å². The number of halogens is 1. The van der Waals surface area contributed by atoms with Gasteiger partial charge in [0.1, 0.15) is 0 Å². The molecule has 0 atom stereocenters. The standard InChI is InChI=1S/C13H10BrNOS/c1-9-13(17-8-15-9)12(16)6-5-10-3-2-4-11(14)7-10/h2-8H,1H3. The molecule has 1 heterocycles. The van der Waals surface area contributed by atoms with Crippen molar-refractivity contribution in [3.05, 3.63) is 56.5 Å². The lowest BCUT2D eigenvalue weighted by atomic mass is 10.2. The van der Waals surface area contributed by atoms with E-state index >= 15 is 0 Å².